The molecular weight excluding hydrogens is 457 g/mol. The number of hydrogen-bond acceptors (Lipinski definition) is 5. The van der Waals surface area contributed by atoms with Crippen molar-refractivity contribution in [2.75, 3.05) is 13.1 Å². The molecule has 1 aliphatic rings. The average Bonchev–Trinajstić information content (AvgIpc) is 3.54. The van der Waals surface area contributed by atoms with E-state index < -0.39 is 0 Å². The van der Waals surface area contributed by atoms with Crippen LogP contribution >= 0.6 is 0 Å². The molecule has 1 saturated heterocycles. The first-order chi connectivity index (χ1) is 17.6. The van der Waals surface area contributed by atoms with Gasteiger partial charge in [0.05, 0.1) is 16.9 Å². The number of rotatable bonds is 5. The predicted octanol–water partition coefficient (Wildman–Crippen LogP) is 4.22. The summed E-state index contributed by atoms with van der Waals surface area (Å²) >= 11 is 0. The summed E-state index contributed by atoms with van der Waals surface area (Å²) in [6.45, 7) is 1.47. The van der Waals surface area contributed by atoms with Crippen molar-refractivity contribution in [3.8, 4) is 17.2 Å². The van der Waals surface area contributed by atoms with Crippen molar-refractivity contribution in [1.29, 1.82) is 0 Å². The largest absolute Gasteiger partial charge is 0.340 e. The Morgan fingerprint density at radius 1 is 1.00 bits per heavy atom. The molecular formula is C27H24FN7O. The molecule has 0 bridgehead atoms. The third-order valence-corrected chi connectivity index (χ3v) is 6.57. The van der Waals surface area contributed by atoms with E-state index in [1.54, 1.807) is 40.0 Å². The molecule has 0 radical (unpaired) electrons. The number of piperidine rings is 1. The van der Waals surface area contributed by atoms with E-state index in [4.69, 9.17) is 5.10 Å². The Bertz CT molecular complexity index is 1480. The topological polar surface area (TPSA) is 81.7 Å². The lowest BCUT2D eigenvalue weighted by Gasteiger charge is -2.32. The minimum atomic E-state index is -0.295. The van der Waals surface area contributed by atoms with Gasteiger partial charge in [0.15, 0.2) is 0 Å². The minimum absolute atomic E-state index is 0.0355. The molecule has 4 heterocycles. The Hall–Kier alpha value is -4.40. The molecule has 0 aliphatic carbocycles. The number of likely N-dealkylation sites (tertiary alicyclic amines) is 1. The Morgan fingerprint density at radius 3 is 2.61 bits per heavy atom. The number of hydrogen-bond donors (Lipinski definition) is 0. The number of benzene rings is 2. The molecule has 6 rings (SSSR count). The van der Waals surface area contributed by atoms with Gasteiger partial charge in [0.1, 0.15) is 12.4 Å². The van der Waals surface area contributed by atoms with E-state index in [0.717, 1.165) is 35.0 Å². The smallest absolute Gasteiger partial charge is 0.250 e. The first-order valence-corrected chi connectivity index (χ1v) is 12.0. The number of halogens is 1. The second-order valence-corrected chi connectivity index (χ2v) is 8.99. The zero-order valence-electron chi connectivity index (χ0n) is 19.5. The van der Waals surface area contributed by atoms with Crippen LogP contribution in [0, 0.1) is 5.82 Å². The van der Waals surface area contributed by atoms with E-state index in [0.29, 0.717) is 24.7 Å². The van der Waals surface area contributed by atoms with E-state index >= 15 is 0 Å². The van der Waals surface area contributed by atoms with E-state index in [2.05, 4.69) is 15.1 Å². The number of nitrogens with zero attached hydrogens (tertiary/aromatic N) is 7. The van der Waals surface area contributed by atoms with Crippen molar-refractivity contribution in [2.45, 2.75) is 25.3 Å². The van der Waals surface area contributed by atoms with Gasteiger partial charge in [-0.2, -0.15) is 10.2 Å². The molecule has 1 atom stereocenters. The molecule has 2 aromatic carbocycles. The van der Waals surface area contributed by atoms with Crippen molar-refractivity contribution >= 4 is 16.8 Å². The highest BCUT2D eigenvalue weighted by Gasteiger charge is 2.29. The van der Waals surface area contributed by atoms with Crippen LogP contribution in [0.1, 0.15) is 24.5 Å². The third-order valence-electron chi connectivity index (χ3n) is 6.57. The number of amides is 1. The van der Waals surface area contributed by atoms with Crippen LogP contribution in [0.3, 0.4) is 0 Å². The van der Waals surface area contributed by atoms with Gasteiger partial charge in [-0.3, -0.25) is 9.48 Å². The van der Waals surface area contributed by atoms with Gasteiger partial charge >= 0.3 is 0 Å². The quantitative estimate of drug-likeness (QED) is 0.375. The van der Waals surface area contributed by atoms with Crippen molar-refractivity contribution in [3.63, 3.8) is 0 Å². The highest BCUT2D eigenvalue weighted by Crippen LogP contribution is 2.31. The van der Waals surface area contributed by atoms with Crippen LogP contribution in [0.2, 0.25) is 0 Å². The lowest BCUT2D eigenvalue weighted by molar-refractivity contribution is -0.133. The molecule has 1 unspecified atom stereocenters. The second kappa shape index (κ2) is 9.33. The van der Waals surface area contributed by atoms with Crippen molar-refractivity contribution < 1.29 is 9.18 Å². The summed E-state index contributed by atoms with van der Waals surface area (Å²) in [7, 11) is 0. The molecule has 8 nitrogen and oxygen atoms in total. The average molecular weight is 482 g/mol. The maximum atomic E-state index is 13.5. The number of carbonyl (C=O) groups is 1. The van der Waals surface area contributed by atoms with Gasteiger partial charge in [0.25, 0.3) is 5.95 Å². The van der Waals surface area contributed by atoms with E-state index in [-0.39, 0.29) is 24.2 Å². The number of fused-ring (bicyclic) bond motifs is 1. The number of aromatic nitrogens is 6. The first-order valence-electron chi connectivity index (χ1n) is 12.0. The summed E-state index contributed by atoms with van der Waals surface area (Å²) in [5.41, 5.74) is 3.33. The van der Waals surface area contributed by atoms with Crippen molar-refractivity contribution in [3.05, 3.63) is 90.8 Å². The zero-order chi connectivity index (χ0) is 24.5. The third kappa shape index (κ3) is 4.35. The molecule has 1 amide bonds. The summed E-state index contributed by atoms with van der Waals surface area (Å²) in [5.74, 6) is 0.266. The van der Waals surface area contributed by atoms with Gasteiger partial charge < -0.3 is 4.90 Å². The van der Waals surface area contributed by atoms with Crippen LogP contribution in [0.4, 0.5) is 4.39 Å². The van der Waals surface area contributed by atoms with Gasteiger partial charge in [-0.1, -0.05) is 18.2 Å². The standard InChI is InChI=1S/C27H24FN7O/c28-22-10-8-19(9-11-22)24-15-25(35(32-24)27-29-12-4-13-30-27)21-6-3-14-33(16-21)26(36)18-34-17-20-5-1-2-7-23(20)31-34/h1-2,4-5,7-13,15,17,21H,3,6,14,16,18H2. The Balaban J connectivity index is 1.27. The minimum Gasteiger partial charge on any atom is -0.340 e. The lowest BCUT2D eigenvalue weighted by atomic mass is 9.94. The summed E-state index contributed by atoms with van der Waals surface area (Å²) in [6, 6.07) is 17.9. The fourth-order valence-electron chi connectivity index (χ4n) is 4.79. The summed E-state index contributed by atoms with van der Waals surface area (Å²) in [4.78, 5) is 23.9. The van der Waals surface area contributed by atoms with Crippen LogP contribution in [-0.4, -0.2) is 53.4 Å². The highest BCUT2D eigenvalue weighted by atomic mass is 19.1. The van der Waals surface area contributed by atoms with Crippen molar-refractivity contribution in [1.82, 2.24) is 34.4 Å². The molecule has 0 spiro atoms. The molecule has 1 aliphatic heterocycles. The Morgan fingerprint density at radius 2 is 1.81 bits per heavy atom. The molecule has 36 heavy (non-hydrogen) atoms. The Labute approximate surface area is 207 Å². The maximum absolute atomic E-state index is 13.5. The molecule has 0 saturated carbocycles. The fourth-order valence-corrected chi connectivity index (χ4v) is 4.79. The molecule has 180 valence electrons. The normalized spacial score (nSPS) is 15.9. The second-order valence-electron chi connectivity index (χ2n) is 8.99. The summed E-state index contributed by atoms with van der Waals surface area (Å²) in [6.07, 6.45) is 7.05. The van der Waals surface area contributed by atoms with Crippen LogP contribution < -0.4 is 0 Å². The monoisotopic (exact) mass is 481 g/mol. The van der Waals surface area contributed by atoms with Crippen LogP contribution in [0.15, 0.2) is 79.3 Å². The van der Waals surface area contributed by atoms with Gasteiger partial charge in [0, 0.05) is 48.5 Å². The van der Waals surface area contributed by atoms with Gasteiger partial charge in [0.2, 0.25) is 5.91 Å². The van der Waals surface area contributed by atoms with Crippen LogP contribution in [-0.2, 0) is 11.3 Å². The van der Waals surface area contributed by atoms with E-state index in [1.165, 1.54) is 12.1 Å². The SMILES string of the molecule is O=C(Cn1cc2ccccc2n1)N1CCCC(c2cc(-c3ccc(F)cc3)nn2-c2ncccn2)C1. The number of carbonyl (C=O) groups excluding carboxylic acids is 1. The Kier molecular flexibility index (Phi) is 5.73. The molecule has 9 heteroatoms. The lowest BCUT2D eigenvalue weighted by Crippen LogP contribution is -2.41. The fraction of sp³-hybridized carbons (Fsp3) is 0.222. The molecule has 5 aromatic rings. The van der Waals surface area contributed by atoms with Gasteiger partial charge in [-0.15, -0.1) is 0 Å². The summed E-state index contributed by atoms with van der Waals surface area (Å²) in [5, 5.41) is 10.3. The molecule has 0 N–H and O–H groups in total. The molecule has 3 aromatic heterocycles. The highest BCUT2D eigenvalue weighted by molar-refractivity contribution is 5.80. The van der Waals surface area contributed by atoms with Gasteiger partial charge in [-0.05, 0) is 55.3 Å². The zero-order valence-corrected chi connectivity index (χ0v) is 19.5. The van der Waals surface area contributed by atoms with Gasteiger partial charge in [-0.25, -0.2) is 19.0 Å². The van der Waals surface area contributed by atoms with E-state index in [1.807, 2.05) is 41.4 Å². The summed E-state index contributed by atoms with van der Waals surface area (Å²) < 4.78 is 16.9. The van der Waals surface area contributed by atoms with Crippen molar-refractivity contribution in [2.24, 2.45) is 0 Å². The van der Waals surface area contributed by atoms with Crippen LogP contribution in [0.5, 0.6) is 0 Å². The molecule has 1 fully saturated rings. The first kappa shape index (κ1) is 22.1. The van der Waals surface area contributed by atoms with E-state index in [9.17, 15) is 9.18 Å². The van der Waals surface area contributed by atoms with Crippen LogP contribution in [0.25, 0.3) is 28.1 Å². The maximum Gasteiger partial charge on any atom is 0.250 e. The predicted molar refractivity (Wildman–Crippen MR) is 133 cm³/mol.